The van der Waals surface area contributed by atoms with E-state index in [1.54, 1.807) is 18.2 Å². The third kappa shape index (κ3) is 4.90. The lowest BCUT2D eigenvalue weighted by molar-refractivity contribution is -0.142. The fourth-order valence-electron chi connectivity index (χ4n) is 3.82. The number of amides is 1. The third-order valence-electron chi connectivity index (χ3n) is 5.76. The molecule has 5 aromatic rings. The Morgan fingerprint density at radius 2 is 1.89 bits per heavy atom. The van der Waals surface area contributed by atoms with E-state index in [-0.39, 0.29) is 22.3 Å². The quantitative estimate of drug-likeness (QED) is 0.314. The maximum absolute atomic E-state index is 14.0. The highest BCUT2D eigenvalue weighted by atomic mass is 35.5. The van der Waals surface area contributed by atoms with Gasteiger partial charge in [0.1, 0.15) is 17.1 Å². The van der Waals surface area contributed by atoms with Crippen molar-refractivity contribution in [2.24, 2.45) is 0 Å². The van der Waals surface area contributed by atoms with Crippen LogP contribution in [0.3, 0.4) is 0 Å². The van der Waals surface area contributed by atoms with Gasteiger partial charge in [-0.2, -0.15) is 18.3 Å². The SMILES string of the molecule is COc1cccc(-c2cc(C(F)(F)F)n3nc(C(=O)Nc4ncn(Cc5ccccc5C)n4)c(Cl)c3n2)c1. The lowest BCUT2D eigenvalue weighted by Gasteiger charge is -2.11. The van der Waals surface area contributed by atoms with E-state index in [2.05, 4.69) is 25.5 Å². The number of halogens is 4. The topological polar surface area (TPSA) is 99.2 Å². The number of nitrogens with one attached hydrogen (secondary N) is 1. The molecule has 38 heavy (non-hydrogen) atoms. The van der Waals surface area contributed by atoms with Crippen LogP contribution in [0.4, 0.5) is 19.1 Å². The Morgan fingerprint density at radius 1 is 1.11 bits per heavy atom. The first kappa shape index (κ1) is 25.2. The van der Waals surface area contributed by atoms with Gasteiger partial charge in [-0.15, -0.1) is 5.10 Å². The van der Waals surface area contributed by atoms with E-state index in [1.807, 2.05) is 31.2 Å². The molecule has 0 spiro atoms. The van der Waals surface area contributed by atoms with E-state index < -0.39 is 23.5 Å². The van der Waals surface area contributed by atoms with Crippen molar-refractivity contribution in [3.05, 3.63) is 88.5 Å². The molecule has 1 N–H and O–H groups in total. The largest absolute Gasteiger partial charge is 0.497 e. The second-order valence-electron chi connectivity index (χ2n) is 8.30. The number of nitrogens with zero attached hydrogens (tertiary/aromatic N) is 6. The zero-order valence-corrected chi connectivity index (χ0v) is 20.7. The van der Waals surface area contributed by atoms with Gasteiger partial charge >= 0.3 is 6.18 Å². The molecule has 9 nitrogen and oxygen atoms in total. The van der Waals surface area contributed by atoms with Crippen molar-refractivity contribution in [3.8, 4) is 17.0 Å². The number of carbonyl (C=O) groups is 1. The van der Waals surface area contributed by atoms with Gasteiger partial charge in [-0.3, -0.25) is 10.1 Å². The Balaban J connectivity index is 1.48. The van der Waals surface area contributed by atoms with Crippen LogP contribution in [-0.2, 0) is 12.7 Å². The van der Waals surface area contributed by atoms with Gasteiger partial charge in [0.2, 0.25) is 5.95 Å². The highest BCUT2D eigenvalue weighted by molar-refractivity contribution is 6.37. The third-order valence-corrected chi connectivity index (χ3v) is 6.11. The normalized spacial score (nSPS) is 11.6. The Hall–Kier alpha value is -4.45. The zero-order chi connectivity index (χ0) is 27.0. The summed E-state index contributed by atoms with van der Waals surface area (Å²) in [5.74, 6) is -0.505. The molecule has 194 valence electrons. The summed E-state index contributed by atoms with van der Waals surface area (Å²) in [6.07, 6.45) is -3.38. The van der Waals surface area contributed by atoms with Gasteiger partial charge in [-0.05, 0) is 36.2 Å². The van der Waals surface area contributed by atoms with Crippen LogP contribution in [0.2, 0.25) is 5.02 Å². The van der Waals surface area contributed by atoms with Crippen molar-refractivity contribution in [1.82, 2.24) is 29.4 Å². The minimum Gasteiger partial charge on any atom is -0.497 e. The molecule has 3 heterocycles. The number of hydrogen-bond acceptors (Lipinski definition) is 6. The van der Waals surface area contributed by atoms with Gasteiger partial charge in [0.25, 0.3) is 5.91 Å². The van der Waals surface area contributed by atoms with Crippen LogP contribution >= 0.6 is 11.6 Å². The number of alkyl halides is 3. The molecule has 0 atom stereocenters. The van der Waals surface area contributed by atoms with Crippen LogP contribution in [0.15, 0.2) is 60.9 Å². The molecular weight excluding hydrogens is 523 g/mol. The maximum atomic E-state index is 14.0. The summed E-state index contributed by atoms with van der Waals surface area (Å²) in [6.45, 7) is 2.37. The average Bonchev–Trinajstić information content (AvgIpc) is 3.48. The Bertz CT molecular complexity index is 1660. The molecular formula is C25H19ClF3N7O2. The summed E-state index contributed by atoms with van der Waals surface area (Å²) in [7, 11) is 1.44. The van der Waals surface area contributed by atoms with E-state index in [0.29, 0.717) is 22.4 Å². The molecule has 5 rings (SSSR count). The van der Waals surface area contributed by atoms with Crippen molar-refractivity contribution in [2.45, 2.75) is 19.6 Å². The predicted molar refractivity (Wildman–Crippen MR) is 133 cm³/mol. The van der Waals surface area contributed by atoms with Crippen molar-refractivity contribution in [1.29, 1.82) is 0 Å². The molecule has 0 saturated carbocycles. The number of fused-ring (bicyclic) bond motifs is 1. The van der Waals surface area contributed by atoms with Gasteiger partial charge in [0.15, 0.2) is 17.0 Å². The second-order valence-corrected chi connectivity index (χ2v) is 8.68. The summed E-state index contributed by atoms with van der Waals surface area (Å²) in [5.41, 5.74) is 0.479. The monoisotopic (exact) mass is 541 g/mol. The number of carbonyl (C=O) groups excluding carboxylic acids is 1. The number of ether oxygens (including phenoxy) is 1. The first-order chi connectivity index (χ1) is 18.1. The molecule has 0 saturated heterocycles. The lowest BCUT2D eigenvalue weighted by atomic mass is 10.1. The first-order valence-electron chi connectivity index (χ1n) is 11.2. The van der Waals surface area contributed by atoms with E-state index in [4.69, 9.17) is 16.3 Å². The molecule has 0 radical (unpaired) electrons. The van der Waals surface area contributed by atoms with Crippen LogP contribution in [0, 0.1) is 6.92 Å². The fourth-order valence-corrected chi connectivity index (χ4v) is 4.07. The Morgan fingerprint density at radius 3 is 2.63 bits per heavy atom. The molecule has 1 amide bonds. The second kappa shape index (κ2) is 9.78. The Labute approximate surface area is 218 Å². The van der Waals surface area contributed by atoms with Crippen molar-refractivity contribution in [3.63, 3.8) is 0 Å². The number of rotatable bonds is 6. The zero-order valence-electron chi connectivity index (χ0n) is 20.0. The molecule has 0 bridgehead atoms. The van der Waals surface area contributed by atoms with E-state index in [1.165, 1.54) is 24.2 Å². The van der Waals surface area contributed by atoms with Crippen LogP contribution in [0.5, 0.6) is 5.75 Å². The van der Waals surface area contributed by atoms with Crippen LogP contribution in [-0.4, -0.2) is 42.4 Å². The summed E-state index contributed by atoms with van der Waals surface area (Å²) in [5, 5.41) is 10.1. The molecule has 0 aliphatic heterocycles. The number of anilines is 1. The van der Waals surface area contributed by atoms with E-state index in [0.717, 1.165) is 17.2 Å². The molecule has 0 aliphatic carbocycles. The molecule has 0 fully saturated rings. The predicted octanol–water partition coefficient (Wildman–Crippen LogP) is 5.28. The lowest BCUT2D eigenvalue weighted by Crippen LogP contribution is -2.16. The van der Waals surface area contributed by atoms with Crippen LogP contribution in [0.1, 0.15) is 27.3 Å². The minimum absolute atomic E-state index is 0.0194. The first-order valence-corrected chi connectivity index (χ1v) is 11.6. The van der Waals surface area contributed by atoms with Crippen molar-refractivity contribution >= 4 is 29.1 Å². The van der Waals surface area contributed by atoms with Crippen LogP contribution < -0.4 is 10.1 Å². The number of benzene rings is 2. The van der Waals surface area contributed by atoms with Crippen molar-refractivity contribution < 1.29 is 22.7 Å². The van der Waals surface area contributed by atoms with E-state index in [9.17, 15) is 18.0 Å². The number of aromatic nitrogens is 6. The van der Waals surface area contributed by atoms with Gasteiger partial charge in [-0.25, -0.2) is 19.2 Å². The summed E-state index contributed by atoms with van der Waals surface area (Å²) < 4.78 is 49.1. The fraction of sp³-hybridized carbons (Fsp3) is 0.160. The molecule has 3 aromatic heterocycles. The molecule has 0 aliphatic rings. The van der Waals surface area contributed by atoms with Gasteiger partial charge in [0.05, 0.1) is 19.3 Å². The maximum Gasteiger partial charge on any atom is 0.433 e. The van der Waals surface area contributed by atoms with Crippen LogP contribution in [0.25, 0.3) is 16.9 Å². The molecule has 2 aromatic carbocycles. The minimum atomic E-state index is -4.81. The number of hydrogen-bond donors (Lipinski definition) is 1. The van der Waals surface area contributed by atoms with Crippen molar-refractivity contribution in [2.75, 3.05) is 12.4 Å². The Kier molecular flexibility index (Phi) is 6.49. The highest BCUT2D eigenvalue weighted by Crippen LogP contribution is 2.35. The summed E-state index contributed by atoms with van der Waals surface area (Å²) in [4.78, 5) is 21.3. The highest BCUT2D eigenvalue weighted by Gasteiger charge is 2.37. The smallest absolute Gasteiger partial charge is 0.433 e. The van der Waals surface area contributed by atoms with E-state index >= 15 is 0 Å². The number of methoxy groups -OCH3 is 1. The molecule has 13 heteroatoms. The summed E-state index contributed by atoms with van der Waals surface area (Å²) in [6, 6.07) is 14.9. The van der Waals surface area contributed by atoms with Gasteiger partial charge in [-0.1, -0.05) is 48.0 Å². The van der Waals surface area contributed by atoms with Gasteiger partial charge in [0, 0.05) is 5.56 Å². The number of aryl methyl sites for hydroxylation is 1. The standard InChI is InChI=1S/C25H19ClF3N7O2/c1-14-6-3-4-7-16(14)12-35-13-30-24(34-35)32-23(37)21-20(26)22-31-18(15-8-5-9-17(10-15)38-2)11-19(25(27,28)29)36(22)33-21/h3-11,13H,12H2,1-2H3,(H,32,34,37). The average molecular weight is 542 g/mol. The molecule has 0 unspecified atom stereocenters. The van der Waals surface area contributed by atoms with Gasteiger partial charge < -0.3 is 4.74 Å². The summed E-state index contributed by atoms with van der Waals surface area (Å²) >= 11 is 6.34.